The lowest BCUT2D eigenvalue weighted by Crippen LogP contribution is -2.15. The second kappa shape index (κ2) is 6.20. The maximum atomic E-state index is 9.95. The molecule has 0 fully saturated rings. The van der Waals surface area contributed by atoms with Crippen LogP contribution in [0.3, 0.4) is 0 Å². The van der Waals surface area contributed by atoms with Crippen molar-refractivity contribution in [1.82, 2.24) is 4.98 Å². The Bertz CT molecular complexity index is 1170. The fraction of sp³-hybridized carbons (Fsp3) is 0.0526. The lowest BCUT2D eigenvalue weighted by Gasteiger charge is -2.11. The van der Waals surface area contributed by atoms with Crippen molar-refractivity contribution in [3.63, 3.8) is 0 Å². The van der Waals surface area contributed by atoms with E-state index in [1.807, 2.05) is 48.7 Å². The van der Waals surface area contributed by atoms with Crippen LogP contribution in [-0.2, 0) is 0 Å². The Balaban J connectivity index is 1.89. The molecule has 0 bridgehead atoms. The van der Waals surface area contributed by atoms with Gasteiger partial charge in [0, 0.05) is 32.8 Å². The number of hydrogen-bond donors (Lipinski definition) is 4. The van der Waals surface area contributed by atoms with Crippen molar-refractivity contribution < 1.29 is 5.11 Å². The minimum atomic E-state index is 0.242. The molecule has 26 heavy (non-hydrogen) atoms. The second-order valence-electron chi connectivity index (χ2n) is 6.00. The first kappa shape index (κ1) is 16.2. The van der Waals surface area contributed by atoms with Gasteiger partial charge in [-0.3, -0.25) is 0 Å². The van der Waals surface area contributed by atoms with E-state index in [2.05, 4.69) is 10.4 Å². The fourth-order valence-electron chi connectivity index (χ4n) is 2.85. The quantitative estimate of drug-likeness (QED) is 0.192. The number of hydrogen-bond acceptors (Lipinski definition) is 6. The average molecular weight is 363 g/mol. The molecule has 0 atom stereocenters. The summed E-state index contributed by atoms with van der Waals surface area (Å²) >= 11 is 1.65. The lowest BCUT2D eigenvalue weighted by atomic mass is 10.1. The van der Waals surface area contributed by atoms with Gasteiger partial charge in [0.1, 0.15) is 17.4 Å². The topological polar surface area (TPSA) is 110 Å². The van der Waals surface area contributed by atoms with Crippen LogP contribution >= 0.6 is 11.3 Å². The molecule has 6 N–H and O–H groups in total. The molecule has 0 aliphatic rings. The Morgan fingerprint density at radius 3 is 2.77 bits per heavy atom. The SMILES string of the molecule is Cc1ccc(Nc2nc3cc(/C(N)=N/N)ccc3c3sccc23)cc1O. The van der Waals surface area contributed by atoms with Crippen LogP contribution in [0, 0.1) is 6.92 Å². The number of hydrazone groups is 1. The number of pyridine rings is 1. The summed E-state index contributed by atoms with van der Waals surface area (Å²) in [7, 11) is 0. The van der Waals surface area contributed by atoms with E-state index in [1.54, 1.807) is 17.4 Å². The number of phenols is 1. The summed E-state index contributed by atoms with van der Waals surface area (Å²) in [6.45, 7) is 1.86. The number of nitrogens with one attached hydrogen (secondary N) is 1. The first-order valence-corrected chi connectivity index (χ1v) is 8.86. The lowest BCUT2D eigenvalue weighted by molar-refractivity contribution is 0.471. The van der Waals surface area contributed by atoms with Crippen LogP contribution in [-0.4, -0.2) is 15.9 Å². The summed E-state index contributed by atoms with van der Waals surface area (Å²) in [5, 5.41) is 20.9. The zero-order valence-corrected chi connectivity index (χ0v) is 14.8. The fourth-order valence-corrected chi connectivity index (χ4v) is 3.79. The monoisotopic (exact) mass is 363 g/mol. The standard InChI is InChI=1S/C19H17N5OS/c1-10-2-4-12(9-16(10)25)22-19-14-6-7-26-17(14)13-5-3-11(18(20)24-21)8-15(13)23-19/h2-9,25H,21H2,1H3,(H2,20,24)(H,22,23). The highest BCUT2D eigenvalue weighted by Gasteiger charge is 2.12. The summed E-state index contributed by atoms with van der Waals surface area (Å²) in [6.07, 6.45) is 0. The molecule has 0 aliphatic carbocycles. The predicted molar refractivity (Wildman–Crippen MR) is 108 cm³/mol. The van der Waals surface area contributed by atoms with Crippen LogP contribution in [0.2, 0.25) is 0 Å². The van der Waals surface area contributed by atoms with E-state index in [0.717, 1.165) is 43.6 Å². The third-order valence-corrected chi connectivity index (χ3v) is 5.25. The van der Waals surface area contributed by atoms with E-state index >= 15 is 0 Å². The number of anilines is 2. The van der Waals surface area contributed by atoms with E-state index in [-0.39, 0.29) is 11.6 Å². The van der Waals surface area contributed by atoms with E-state index in [0.29, 0.717) is 0 Å². The third-order valence-electron chi connectivity index (χ3n) is 4.30. The highest BCUT2D eigenvalue weighted by molar-refractivity contribution is 7.18. The summed E-state index contributed by atoms with van der Waals surface area (Å²) in [4.78, 5) is 4.76. The zero-order valence-electron chi connectivity index (χ0n) is 14.0. The van der Waals surface area contributed by atoms with Gasteiger partial charge in [0.2, 0.25) is 0 Å². The number of amidine groups is 1. The smallest absolute Gasteiger partial charge is 0.150 e. The summed E-state index contributed by atoms with van der Waals surface area (Å²) in [6, 6.07) is 13.2. The number of aromatic hydroxyl groups is 1. The van der Waals surface area contributed by atoms with Crippen molar-refractivity contribution >= 4 is 49.7 Å². The van der Waals surface area contributed by atoms with E-state index in [1.165, 1.54) is 0 Å². The van der Waals surface area contributed by atoms with Crippen LogP contribution in [0.1, 0.15) is 11.1 Å². The van der Waals surface area contributed by atoms with Crippen LogP contribution in [0.25, 0.3) is 21.0 Å². The molecule has 2 aromatic carbocycles. The van der Waals surface area contributed by atoms with Crippen LogP contribution in [0.15, 0.2) is 52.9 Å². The number of rotatable bonds is 3. The van der Waals surface area contributed by atoms with Crippen molar-refractivity contribution in [2.45, 2.75) is 6.92 Å². The van der Waals surface area contributed by atoms with Crippen molar-refractivity contribution in [2.24, 2.45) is 16.7 Å². The molecule has 0 unspecified atom stereocenters. The molecule has 4 rings (SSSR count). The van der Waals surface area contributed by atoms with Crippen LogP contribution < -0.4 is 16.9 Å². The number of aromatic nitrogens is 1. The highest BCUT2D eigenvalue weighted by atomic mass is 32.1. The molecular formula is C19H17N5OS. The Hall–Kier alpha value is -3.32. The molecule has 6 nitrogen and oxygen atoms in total. The number of nitrogens with two attached hydrogens (primary N) is 2. The number of phenolic OH excluding ortho intramolecular Hbond substituents is 1. The molecule has 0 saturated carbocycles. The summed E-state index contributed by atoms with van der Waals surface area (Å²) in [5.74, 6) is 6.51. The van der Waals surface area contributed by atoms with E-state index in [9.17, 15) is 5.11 Å². The van der Waals surface area contributed by atoms with E-state index in [4.69, 9.17) is 16.6 Å². The summed E-state index contributed by atoms with van der Waals surface area (Å²) < 4.78 is 1.13. The molecule has 0 amide bonds. The van der Waals surface area contributed by atoms with Crippen molar-refractivity contribution in [3.05, 3.63) is 59.0 Å². The van der Waals surface area contributed by atoms with Gasteiger partial charge in [-0.1, -0.05) is 18.2 Å². The predicted octanol–water partition coefficient (Wildman–Crippen LogP) is 3.79. The number of aryl methyl sites for hydroxylation is 1. The van der Waals surface area contributed by atoms with Crippen molar-refractivity contribution in [2.75, 3.05) is 5.32 Å². The normalized spacial score (nSPS) is 12.0. The average Bonchev–Trinajstić information content (AvgIpc) is 3.14. The van der Waals surface area contributed by atoms with Gasteiger partial charge in [0.15, 0.2) is 0 Å². The largest absolute Gasteiger partial charge is 0.508 e. The molecule has 0 saturated heterocycles. The van der Waals surface area contributed by atoms with Crippen LogP contribution in [0.4, 0.5) is 11.5 Å². The Kier molecular flexibility index (Phi) is 3.85. The zero-order chi connectivity index (χ0) is 18.3. The number of benzene rings is 2. The van der Waals surface area contributed by atoms with Crippen molar-refractivity contribution in [1.29, 1.82) is 0 Å². The van der Waals surface area contributed by atoms with Gasteiger partial charge in [-0.2, -0.15) is 5.10 Å². The van der Waals surface area contributed by atoms with Gasteiger partial charge >= 0.3 is 0 Å². The maximum absolute atomic E-state index is 9.95. The van der Waals surface area contributed by atoms with E-state index < -0.39 is 0 Å². The maximum Gasteiger partial charge on any atom is 0.150 e. The molecule has 7 heteroatoms. The molecule has 0 radical (unpaired) electrons. The molecule has 130 valence electrons. The Labute approximate surface area is 153 Å². The molecule has 0 spiro atoms. The van der Waals surface area contributed by atoms with Gasteiger partial charge in [-0.05, 0) is 36.1 Å². The Morgan fingerprint density at radius 1 is 1.15 bits per heavy atom. The molecule has 2 aromatic heterocycles. The Morgan fingerprint density at radius 2 is 2.00 bits per heavy atom. The number of nitrogens with zero attached hydrogens (tertiary/aromatic N) is 2. The minimum Gasteiger partial charge on any atom is -0.508 e. The van der Waals surface area contributed by atoms with Crippen molar-refractivity contribution in [3.8, 4) is 5.75 Å². The first-order valence-electron chi connectivity index (χ1n) is 7.98. The first-order chi connectivity index (χ1) is 12.6. The molecular weight excluding hydrogens is 346 g/mol. The van der Waals surface area contributed by atoms with Crippen LogP contribution in [0.5, 0.6) is 5.75 Å². The molecule has 0 aliphatic heterocycles. The van der Waals surface area contributed by atoms with Gasteiger partial charge in [-0.15, -0.1) is 11.3 Å². The highest BCUT2D eigenvalue weighted by Crippen LogP contribution is 2.35. The molecule has 4 aromatic rings. The van der Waals surface area contributed by atoms with Gasteiger partial charge < -0.3 is 22.0 Å². The van der Waals surface area contributed by atoms with Gasteiger partial charge in [0.25, 0.3) is 0 Å². The third kappa shape index (κ3) is 2.68. The van der Waals surface area contributed by atoms with Gasteiger partial charge in [0.05, 0.1) is 5.52 Å². The number of thiophene rings is 1. The molecule has 2 heterocycles. The number of fused-ring (bicyclic) bond motifs is 3. The summed E-state index contributed by atoms with van der Waals surface area (Å²) in [5.41, 5.74) is 8.94. The van der Waals surface area contributed by atoms with Gasteiger partial charge in [-0.25, -0.2) is 4.98 Å². The minimum absolute atomic E-state index is 0.242. The second-order valence-corrected chi connectivity index (χ2v) is 6.91.